The summed E-state index contributed by atoms with van der Waals surface area (Å²) < 4.78 is 24.9. The molecule has 2 heterocycles. The molecule has 3 rings (SSSR count). The summed E-state index contributed by atoms with van der Waals surface area (Å²) >= 11 is 0. The van der Waals surface area contributed by atoms with Crippen molar-refractivity contribution < 1.29 is 18.9 Å². The maximum atomic E-state index is 6.10. The lowest BCUT2D eigenvalue weighted by molar-refractivity contribution is -0.265. The molecule has 6 nitrogen and oxygen atoms in total. The molecule has 136 valence electrons. The summed E-state index contributed by atoms with van der Waals surface area (Å²) in [6.07, 6.45) is 8.83. The van der Waals surface area contributed by atoms with Crippen LogP contribution in [0.2, 0.25) is 0 Å². The highest BCUT2D eigenvalue weighted by Gasteiger charge is 2.26. The lowest BCUT2D eigenvalue weighted by Gasteiger charge is -2.32. The second-order valence-corrected chi connectivity index (χ2v) is 6.23. The Labute approximate surface area is 148 Å². The number of imidazole rings is 1. The summed E-state index contributed by atoms with van der Waals surface area (Å²) in [5.41, 5.74) is 1.14. The molecule has 0 N–H and O–H groups in total. The molecule has 2 aromatic rings. The van der Waals surface area contributed by atoms with Gasteiger partial charge in [-0.3, -0.25) is 0 Å². The molecule has 3 unspecified atom stereocenters. The van der Waals surface area contributed by atoms with Gasteiger partial charge in [0, 0.05) is 32.5 Å². The van der Waals surface area contributed by atoms with Crippen molar-refractivity contribution in [3.05, 3.63) is 48.5 Å². The van der Waals surface area contributed by atoms with Crippen molar-refractivity contribution in [2.24, 2.45) is 0 Å². The van der Waals surface area contributed by atoms with E-state index in [-0.39, 0.29) is 18.7 Å². The Hall–Kier alpha value is -1.89. The predicted octanol–water partition coefficient (Wildman–Crippen LogP) is 3.02. The van der Waals surface area contributed by atoms with Crippen LogP contribution in [0.25, 0.3) is 0 Å². The lowest BCUT2D eigenvalue weighted by atomic mass is 10.1. The standard InChI is InChI=1S/C19H26N2O4/c1-22-16-8-6-15(7-9-16)12-19(23-2)25-18-5-3-4-17(24-18)13-21-11-10-20-14-21/h6-11,14,17-19H,3-5,12-13H2,1-2H3. The largest absolute Gasteiger partial charge is 0.497 e. The first-order chi connectivity index (χ1) is 12.3. The van der Waals surface area contributed by atoms with Crippen LogP contribution in [0.5, 0.6) is 5.75 Å². The molecular weight excluding hydrogens is 320 g/mol. The monoisotopic (exact) mass is 346 g/mol. The number of aromatic nitrogens is 2. The van der Waals surface area contributed by atoms with Gasteiger partial charge in [0.15, 0.2) is 12.6 Å². The van der Waals surface area contributed by atoms with Gasteiger partial charge in [-0.1, -0.05) is 12.1 Å². The van der Waals surface area contributed by atoms with Gasteiger partial charge in [-0.05, 0) is 37.0 Å². The fourth-order valence-electron chi connectivity index (χ4n) is 3.04. The topological polar surface area (TPSA) is 54.7 Å². The molecule has 0 amide bonds. The fraction of sp³-hybridized carbons (Fsp3) is 0.526. The molecule has 0 bridgehead atoms. The van der Waals surface area contributed by atoms with Gasteiger partial charge in [0.2, 0.25) is 0 Å². The third kappa shape index (κ3) is 5.29. The minimum absolute atomic E-state index is 0.145. The van der Waals surface area contributed by atoms with Crippen molar-refractivity contribution in [3.8, 4) is 5.75 Å². The van der Waals surface area contributed by atoms with Crippen molar-refractivity contribution in [2.45, 2.75) is 50.9 Å². The first kappa shape index (κ1) is 17.9. The minimum Gasteiger partial charge on any atom is -0.497 e. The van der Waals surface area contributed by atoms with Crippen LogP contribution >= 0.6 is 0 Å². The van der Waals surface area contributed by atoms with Gasteiger partial charge in [-0.15, -0.1) is 0 Å². The summed E-state index contributed by atoms with van der Waals surface area (Å²) in [4.78, 5) is 4.07. The van der Waals surface area contributed by atoms with Crippen molar-refractivity contribution in [1.82, 2.24) is 9.55 Å². The summed E-state index contributed by atoms with van der Waals surface area (Å²) in [5, 5.41) is 0. The van der Waals surface area contributed by atoms with Crippen LogP contribution in [0.1, 0.15) is 24.8 Å². The number of hydrogen-bond acceptors (Lipinski definition) is 5. The van der Waals surface area contributed by atoms with E-state index in [1.54, 1.807) is 20.4 Å². The van der Waals surface area contributed by atoms with Crippen LogP contribution in [0.4, 0.5) is 0 Å². The average molecular weight is 346 g/mol. The van der Waals surface area contributed by atoms with Gasteiger partial charge in [-0.25, -0.2) is 4.98 Å². The van der Waals surface area contributed by atoms with E-state index in [1.807, 2.05) is 41.4 Å². The second kappa shape index (κ2) is 8.99. The lowest BCUT2D eigenvalue weighted by Crippen LogP contribution is -2.36. The summed E-state index contributed by atoms with van der Waals surface area (Å²) in [5.74, 6) is 0.844. The third-order valence-electron chi connectivity index (χ3n) is 4.41. The molecule has 25 heavy (non-hydrogen) atoms. The normalized spacial score (nSPS) is 21.8. The maximum absolute atomic E-state index is 6.10. The number of ether oxygens (including phenoxy) is 4. The van der Waals surface area contributed by atoms with Crippen LogP contribution < -0.4 is 4.74 Å². The zero-order chi connectivity index (χ0) is 17.5. The number of nitrogens with zero attached hydrogens (tertiary/aromatic N) is 2. The van der Waals surface area contributed by atoms with E-state index >= 15 is 0 Å². The smallest absolute Gasteiger partial charge is 0.164 e. The van der Waals surface area contributed by atoms with Crippen molar-refractivity contribution in [1.29, 1.82) is 0 Å². The molecule has 1 saturated heterocycles. The Morgan fingerprint density at radius 1 is 1.24 bits per heavy atom. The van der Waals surface area contributed by atoms with Crippen LogP contribution in [0, 0.1) is 0 Å². The second-order valence-electron chi connectivity index (χ2n) is 6.23. The van der Waals surface area contributed by atoms with Crippen LogP contribution in [-0.2, 0) is 27.2 Å². The average Bonchev–Trinajstić information content (AvgIpc) is 3.15. The van der Waals surface area contributed by atoms with Crippen molar-refractivity contribution in [3.63, 3.8) is 0 Å². The number of benzene rings is 1. The summed E-state index contributed by atoms with van der Waals surface area (Å²) in [7, 11) is 3.33. The minimum atomic E-state index is -0.328. The highest BCUT2D eigenvalue weighted by molar-refractivity contribution is 5.27. The zero-order valence-electron chi connectivity index (χ0n) is 14.8. The molecule has 6 heteroatoms. The van der Waals surface area contributed by atoms with E-state index in [0.29, 0.717) is 6.42 Å². The van der Waals surface area contributed by atoms with Gasteiger partial charge in [0.1, 0.15) is 5.75 Å². The maximum Gasteiger partial charge on any atom is 0.164 e. The van der Waals surface area contributed by atoms with E-state index in [9.17, 15) is 0 Å². The molecule has 1 fully saturated rings. The first-order valence-electron chi connectivity index (χ1n) is 8.69. The Kier molecular flexibility index (Phi) is 6.44. The van der Waals surface area contributed by atoms with Gasteiger partial charge < -0.3 is 23.5 Å². The van der Waals surface area contributed by atoms with E-state index in [2.05, 4.69) is 4.98 Å². The molecule has 0 aliphatic carbocycles. The fourth-order valence-corrected chi connectivity index (χ4v) is 3.04. The Morgan fingerprint density at radius 3 is 2.76 bits per heavy atom. The molecule has 0 saturated carbocycles. The molecule has 1 aliphatic heterocycles. The molecule has 1 aromatic carbocycles. The van der Waals surface area contributed by atoms with Gasteiger partial charge in [0.25, 0.3) is 0 Å². The highest BCUT2D eigenvalue weighted by Crippen LogP contribution is 2.23. The predicted molar refractivity (Wildman–Crippen MR) is 93.3 cm³/mol. The van der Waals surface area contributed by atoms with Gasteiger partial charge in [0.05, 0.1) is 19.5 Å². The third-order valence-corrected chi connectivity index (χ3v) is 4.41. The number of rotatable bonds is 8. The summed E-state index contributed by atoms with van der Waals surface area (Å²) in [6.45, 7) is 0.802. The first-order valence-corrected chi connectivity index (χ1v) is 8.69. The molecule has 1 aromatic heterocycles. The van der Waals surface area contributed by atoms with Crippen molar-refractivity contribution >= 4 is 0 Å². The van der Waals surface area contributed by atoms with E-state index < -0.39 is 0 Å². The van der Waals surface area contributed by atoms with E-state index in [0.717, 1.165) is 37.1 Å². The number of hydrogen-bond donors (Lipinski definition) is 0. The highest BCUT2D eigenvalue weighted by atomic mass is 16.8. The molecule has 3 atom stereocenters. The zero-order valence-corrected chi connectivity index (χ0v) is 14.8. The van der Waals surface area contributed by atoms with Crippen LogP contribution in [0.15, 0.2) is 43.0 Å². The molecule has 1 aliphatic rings. The molecular formula is C19H26N2O4. The van der Waals surface area contributed by atoms with Crippen LogP contribution in [0.3, 0.4) is 0 Å². The van der Waals surface area contributed by atoms with E-state index in [4.69, 9.17) is 18.9 Å². The van der Waals surface area contributed by atoms with Gasteiger partial charge >= 0.3 is 0 Å². The number of methoxy groups -OCH3 is 2. The quantitative estimate of drug-likeness (QED) is 0.688. The van der Waals surface area contributed by atoms with E-state index in [1.165, 1.54) is 0 Å². The Bertz CT molecular complexity index is 615. The van der Waals surface area contributed by atoms with Crippen molar-refractivity contribution in [2.75, 3.05) is 14.2 Å². The molecule has 0 radical (unpaired) electrons. The SMILES string of the molecule is COc1ccc(CC(OC)OC2CCCC(Cn3ccnc3)O2)cc1. The Morgan fingerprint density at radius 2 is 2.08 bits per heavy atom. The molecule has 0 spiro atoms. The van der Waals surface area contributed by atoms with Gasteiger partial charge in [-0.2, -0.15) is 0 Å². The Balaban J connectivity index is 1.51. The summed E-state index contributed by atoms with van der Waals surface area (Å²) in [6, 6.07) is 7.94. The van der Waals surface area contributed by atoms with Crippen LogP contribution in [-0.4, -0.2) is 42.5 Å².